The summed E-state index contributed by atoms with van der Waals surface area (Å²) in [4.78, 5) is 16.8. The zero-order valence-electron chi connectivity index (χ0n) is 10.8. The van der Waals surface area contributed by atoms with E-state index in [4.69, 9.17) is 4.74 Å². The monoisotopic (exact) mass is 253 g/mol. The van der Waals surface area contributed by atoms with Gasteiger partial charge in [0.15, 0.2) is 5.78 Å². The first-order valence-electron chi connectivity index (χ1n) is 6.44. The number of fused-ring (bicyclic) bond motifs is 1. The fourth-order valence-corrected chi connectivity index (χ4v) is 2.52. The maximum absolute atomic E-state index is 12.7. The molecule has 1 aromatic carbocycles. The number of hydrogen-bond donors (Lipinski definition) is 0. The quantitative estimate of drug-likeness (QED) is 0.772. The zero-order chi connectivity index (χ0) is 13.2. The second-order valence-corrected chi connectivity index (χ2v) is 4.78. The van der Waals surface area contributed by atoms with Gasteiger partial charge in [0.05, 0.1) is 12.5 Å². The Hall–Kier alpha value is -2.16. The minimum Gasteiger partial charge on any atom is -0.493 e. The number of nitrogens with zero attached hydrogens (tertiary/aromatic N) is 1. The largest absolute Gasteiger partial charge is 0.493 e. The molecule has 3 heteroatoms. The Balaban J connectivity index is 2.00. The van der Waals surface area contributed by atoms with Gasteiger partial charge in [-0.25, -0.2) is 0 Å². The van der Waals surface area contributed by atoms with E-state index in [1.165, 1.54) is 0 Å². The van der Waals surface area contributed by atoms with Crippen LogP contribution in [0.15, 0.2) is 42.7 Å². The molecule has 1 aliphatic rings. The molecule has 2 aromatic rings. The lowest BCUT2D eigenvalue weighted by Crippen LogP contribution is -2.22. The Kier molecular flexibility index (Phi) is 3.03. The standard InChI is InChI=1S/C16H15NO2/c1-11-6-8-17-10-14(11)16(18)13-7-9-19-15-5-3-2-4-12(13)15/h2-6,8,10,13H,7,9H2,1H3. The molecule has 0 aliphatic carbocycles. The van der Waals surface area contributed by atoms with Gasteiger partial charge in [-0.05, 0) is 31.0 Å². The Bertz CT molecular complexity index is 622. The van der Waals surface area contributed by atoms with Gasteiger partial charge in [0.25, 0.3) is 0 Å². The van der Waals surface area contributed by atoms with Crippen LogP contribution in [0.25, 0.3) is 0 Å². The van der Waals surface area contributed by atoms with Crippen LogP contribution in [0, 0.1) is 6.92 Å². The Morgan fingerprint density at radius 1 is 1.32 bits per heavy atom. The molecule has 1 aromatic heterocycles. The van der Waals surface area contributed by atoms with Crippen molar-refractivity contribution in [2.45, 2.75) is 19.3 Å². The molecule has 0 radical (unpaired) electrons. The van der Waals surface area contributed by atoms with Gasteiger partial charge >= 0.3 is 0 Å². The number of para-hydroxylation sites is 1. The molecule has 2 heterocycles. The van der Waals surface area contributed by atoms with Crippen LogP contribution in [0.5, 0.6) is 5.75 Å². The smallest absolute Gasteiger partial charge is 0.172 e. The number of carbonyl (C=O) groups excluding carboxylic acids is 1. The van der Waals surface area contributed by atoms with E-state index >= 15 is 0 Å². The van der Waals surface area contributed by atoms with Gasteiger partial charge < -0.3 is 4.74 Å². The van der Waals surface area contributed by atoms with Crippen LogP contribution in [0.1, 0.15) is 33.8 Å². The highest BCUT2D eigenvalue weighted by Crippen LogP contribution is 2.35. The van der Waals surface area contributed by atoms with E-state index in [1.54, 1.807) is 12.4 Å². The van der Waals surface area contributed by atoms with Crippen molar-refractivity contribution in [2.24, 2.45) is 0 Å². The lowest BCUT2D eigenvalue weighted by Gasteiger charge is -2.25. The Morgan fingerprint density at radius 2 is 2.16 bits per heavy atom. The number of hydrogen-bond acceptors (Lipinski definition) is 3. The van der Waals surface area contributed by atoms with E-state index in [2.05, 4.69) is 4.98 Å². The van der Waals surface area contributed by atoms with Crippen LogP contribution in [-0.2, 0) is 0 Å². The van der Waals surface area contributed by atoms with Crippen LogP contribution in [0.4, 0.5) is 0 Å². The average molecular weight is 253 g/mol. The highest BCUT2D eigenvalue weighted by Gasteiger charge is 2.28. The predicted molar refractivity (Wildman–Crippen MR) is 72.6 cm³/mol. The summed E-state index contributed by atoms with van der Waals surface area (Å²) < 4.78 is 5.60. The van der Waals surface area contributed by atoms with E-state index in [-0.39, 0.29) is 11.7 Å². The molecule has 1 atom stereocenters. The SMILES string of the molecule is Cc1ccncc1C(=O)C1CCOc2ccccc21. The van der Waals surface area contributed by atoms with Crippen molar-refractivity contribution in [1.82, 2.24) is 4.98 Å². The number of aryl methyl sites for hydroxylation is 1. The van der Waals surface area contributed by atoms with E-state index in [0.717, 1.165) is 23.3 Å². The zero-order valence-corrected chi connectivity index (χ0v) is 10.8. The summed E-state index contributed by atoms with van der Waals surface area (Å²) >= 11 is 0. The van der Waals surface area contributed by atoms with Gasteiger partial charge in [-0.1, -0.05) is 18.2 Å². The van der Waals surface area contributed by atoms with Gasteiger partial charge in [0, 0.05) is 23.5 Å². The van der Waals surface area contributed by atoms with Gasteiger partial charge in [0.2, 0.25) is 0 Å². The van der Waals surface area contributed by atoms with Crippen molar-refractivity contribution in [3.8, 4) is 5.75 Å². The molecule has 0 saturated heterocycles. The molecular weight excluding hydrogens is 238 g/mol. The molecule has 19 heavy (non-hydrogen) atoms. The van der Waals surface area contributed by atoms with E-state index in [9.17, 15) is 4.79 Å². The minimum atomic E-state index is -0.118. The van der Waals surface area contributed by atoms with Crippen LogP contribution >= 0.6 is 0 Å². The second-order valence-electron chi connectivity index (χ2n) is 4.78. The fraction of sp³-hybridized carbons (Fsp3) is 0.250. The molecule has 3 rings (SSSR count). The summed E-state index contributed by atoms with van der Waals surface area (Å²) in [7, 11) is 0. The summed E-state index contributed by atoms with van der Waals surface area (Å²) in [6.07, 6.45) is 4.10. The molecule has 96 valence electrons. The van der Waals surface area contributed by atoms with Gasteiger partial charge in [-0.15, -0.1) is 0 Å². The van der Waals surface area contributed by atoms with Crippen molar-refractivity contribution in [3.63, 3.8) is 0 Å². The Morgan fingerprint density at radius 3 is 3.00 bits per heavy atom. The van der Waals surface area contributed by atoms with Crippen molar-refractivity contribution >= 4 is 5.78 Å². The number of ketones is 1. The first-order valence-corrected chi connectivity index (χ1v) is 6.44. The summed E-state index contributed by atoms with van der Waals surface area (Å²) in [6.45, 7) is 2.53. The normalized spacial score (nSPS) is 17.4. The number of Topliss-reactive ketones (excluding diaryl/α,β-unsaturated/α-hetero) is 1. The first-order chi connectivity index (χ1) is 9.27. The number of carbonyl (C=O) groups is 1. The molecule has 1 aliphatic heterocycles. The van der Waals surface area contributed by atoms with E-state index in [1.807, 2.05) is 37.3 Å². The molecule has 1 unspecified atom stereocenters. The lowest BCUT2D eigenvalue weighted by atomic mass is 9.86. The van der Waals surface area contributed by atoms with Crippen LogP contribution < -0.4 is 4.74 Å². The van der Waals surface area contributed by atoms with Gasteiger partial charge in [0.1, 0.15) is 5.75 Å². The molecule has 0 bridgehead atoms. The summed E-state index contributed by atoms with van der Waals surface area (Å²) in [5.41, 5.74) is 2.68. The van der Waals surface area contributed by atoms with Crippen molar-refractivity contribution in [3.05, 3.63) is 59.4 Å². The maximum Gasteiger partial charge on any atom is 0.172 e. The molecule has 0 spiro atoms. The highest BCUT2D eigenvalue weighted by atomic mass is 16.5. The third-order valence-corrected chi connectivity index (χ3v) is 3.58. The molecular formula is C16H15NO2. The molecule has 0 fully saturated rings. The number of pyridine rings is 1. The minimum absolute atomic E-state index is 0.118. The number of rotatable bonds is 2. The van der Waals surface area contributed by atoms with Crippen LogP contribution in [0.2, 0.25) is 0 Å². The van der Waals surface area contributed by atoms with Crippen LogP contribution in [-0.4, -0.2) is 17.4 Å². The number of ether oxygens (including phenoxy) is 1. The van der Waals surface area contributed by atoms with Crippen molar-refractivity contribution in [2.75, 3.05) is 6.61 Å². The number of benzene rings is 1. The molecule has 0 N–H and O–H groups in total. The average Bonchev–Trinajstić information content (AvgIpc) is 2.46. The van der Waals surface area contributed by atoms with Crippen LogP contribution in [0.3, 0.4) is 0 Å². The molecule has 3 nitrogen and oxygen atoms in total. The highest BCUT2D eigenvalue weighted by molar-refractivity contribution is 6.02. The third-order valence-electron chi connectivity index (χ3n) is 3.58. The lowest BCUT2D eigenvalue weighted by molar-refractivity contribution is 0.0932. The van der Waals surface area contributed by atoms with E-state index < -0.39 is 0 Å². The summed E-state index contributed by atoms with van der Waals surface area (Å²) in [6, 6.07) is 9.65. The second kappa shape index (κ2) is 4.84. The fourth-order valence-electron chi connectivity index (χ4n) is 2.52. The van der Waals surface area contributed by atoms with E-state index in [0.29, 0.717) is 12.2 Å². The Labute approximate surface area is 112 Å². The summed E-state index contributed by atoms with van der Waals surface area (Å²) in [5.74, 6) is 0.850. The van der Waals surface area contributed by atoms with Crippen molar-refractivity contribution < 1.29 is 9.53 Å². The van der Waals surface area contributed by atoms with Gasteiger partial charge in [-0.3, -0.25) is 9.78 Å². The van der Waals surface area contributed by atoms with Crippen molar-refractivity contribution in [1.29, 1.82) is 0 Å². The molecule has 0 amide bonds. The predicted octanol–water partition coefficient (Wildman–Crippen LogP) is 3.14. The summed E-state index contributed by atoms with van der Waals surface area (Å²) in [5, 5.41) is 0. The topological polar surface area (TPSA) is 39.2 Å². The third kappa shape index (κ3) is 2.12. The first kappa shape index (κ1) is 11.9. The maximum atomic E-state index is 12.7. The molecule has 0 saturated carbocycles. The number of aromatic nitrogens is 1. The van der Waals surface area contributed by atoms with Gasteiger partial charge in [-0.2, -0.15) is 0 Å².